The highest BCUT2D eigenvalue weighted by atomic mass is 16.5. The number of carbonyl (C=O) groups excluding carboxylic acids is 1. The van der Waals surface area contributed by atoms with Crippen LogP contribution in [0, 0.1) is 0 Å². The number of benzene rings is 7. The Morgan fingerprint density at radius 2 is 1.06 bits per heavy atom. The van der Waals surface area contributed by atoms with Crippen molar-refractivity contribution in [3.63, 3.8) is 0 Å². The second kappa shape index (κ2) is 11.1. The van der Waals surface area contributed by atoms with Crippen molar-refractivity contribution in [2.45, 2.75) is 25.6 Å². The number of ether oxygens (including phenoxy) is 2. The topological polar surface area (TPSA) is 76.0 Å². The van der Waals surface area contributed by atoms with Gasteiger partial charge in [0.2, 0.25) is 0 Å². The zero-order valence-electron chi connectivity index (χ0n) is 26.1. The number of hydrogen-bond acceptors (Lipinski definition) is 5. The quantitative estimate of drug-likeness (QED) is 0.145. The molecule has 0 saturated heterocycles. The van der Waals surface area contributed by atoms with Gasteiger partial charge in [-0.05, 0) is 131 Å². The first-order valence-corrected chi connectivity index (χ1v) is 15.7. The second-order valence-corrected chi connectivity index (χ2v) is 12.2. The Bertz CT molecular complexity index is 2390. The molecule has 2 N–H and O–H groups in total. The Balaban J connectivity index is 1.50. The van der Waals surface area contributed by atoms with Gasteiger partial charge >= 0.3 is 5.97 Å². The molecule has 0 amide bonds. The molecule has 5 nitrogen and oxygen atoms in total. The Kier molecular flexibility index (Phi) is 6.83. The van der Waals surface area contributed by atoms with Crippen LogP contribution in [0.4, 0.5) is 0 Å². The molecule has 1 atom stereocenters. The van der Waals surface area contributed by atoms with Crippen molar-refractivity contribution in [3.8, 4) is 22.6 Å². The molecule has 0 saturated carbocycles. The summed E-state index contributed by atoms with van der Waals surface area (Å²) in [7, 11) is 1.68. The number of hydrogen-bond donors (Lipinski definition) is 2. The average Bonchev–Trinajstić information content (AvgIpc) is 3.37. The summed E-state index contributed by atoms with van der Waals surface area (Å²) in [5.74, 6) is 0.946. The van der Waals surface area contributed by atoms with E-state index in [1.165, 1.54) is 6.92 Å². The van der Waals surface area contributed by atoms with Gasteiger partial charge in [0.15, 0.2) is 0 Å². The zero-order valence-corrected chi connectivity index (χ0v) is 26.1. The van der Waals surface area contributed by atoms with E-state index in [1.54, 1.807) is 7.11 Å². The molecule has 0 spiro atoms. The minimum Gasteiger partial charge on any atom is -0.497 e. The van der Waals surface area contributed by atoms with Crippen LogP contribution in [0.3, 0.4) is 0 Å². The van der Waals surface area contributed by atoms with Gasteiger partial charge in [-0.2, -0.15) is 0 Å². The van der Waals surface area contributed by atoms with Crippen molar-refractivity contribution in [2.24, 2.45) is 0 Å². The normalized spacial score (nSPS) is 15.1. The maximum atomic E-state index is 11.7. The van der Waals surface area contributed by atoms with Gasteiger partial charge in [0.05, 0.1) is 25.7 Å². The van der Waals surface area contributed by atoms with Crippen LogP contribution < -0.4 is 9.47 Å². The molecule has 0 aromatic heterocycles. The van der Waals surface area contributed by atoms with Gasteiger partial charge in [-0.15, -0.1) is 0 Å². The zero-order chi connectivity index (χ0) is 32.3. The Morgan fingerprint density at radius 1 is 0.574 bits per heavy atom. The number of esters is 1. The Morgan fingerprint density at radius 3 is 1.68 bits per heavy atom. The summed E-state index contributed by atoms with van der Waals surface area (Å²) in [6, 6.07) is 42.0. The van der Waals surface area contributed by atoms with Gasteiger partial charge in [-0.25, -0.2) is 0 Å². The van der Waals surface area contributed by atoms with Crippen LogP contribution >= 0.6 is 0 Å². The van der Waals surface area contributed by atoms with Crippen molar-refractivity contribution in [1.29, 1.82) is 0 Å². The van der Waals surface area contributed by atoms with Crippen molar-refractivity contribution < 1.29 is 24.5 Å². The van der Waals surface area contributed by atoms with E-state index in [0.29, 0.717) is 16.9 Å². The van der Waals surface area contributed by atoms with Crippen molar-refractivity contribution >= 4 is 38.3 Å². The fourth-order valence-electron chi connectivity index (χ4n) is 7.49. The third-order valence-electron chi connectivity index (χ3n) is 9.65. The highest BCUT2D eigenvalue weighted by molar-refractivity contribution is 5.98. The van der Waals surface area contributed by atoms with E-state index in [4.69, 9.17) is 9.47 Å². The largest absolute Gasteiger partial charge is 0.497 e. The number of aliphatic hydroxyl groups excluding tert-OH is 2. The maximum Gasteiger partial charge on any atom is 0.308 e. The van der Waals surface area contributed by atoms with Crippen molar-refractivity contribution in [2.75, 3.05) is 7.11 Å². The standard InChI is InChI=1S/C42H32O5/c1-25(45)47-37-14-10-29-16-35(12-8-31(29)18-37)42(34-11-7-30-17-36(46-2)13-9-28(30)15-34)40-21-27-6-4-3-5-26(27)19-38(40)39-20-32(23-43)33(24-44)22-41(39)42/h3-22,43-44H,23-24H2,1-2H3. The Labute approximate surface area is 272 Å². The molecule has 0 heterocycles. The first-order valence-electron chi connectivity index (χ1n) is 15.7. The molecule has 1 unspecified atom stereocenters. The molecule has 0 bridgehead atoms. The maximum absolute atomic E-state index is 11.7. The van der Waals surface area contributed by atoms with Crippen LogP contribution in [-0.4, -0.2) is 23.3 Å². The summed E-state index contributed by atoms with van der Waals surface area (Å²) >= 11 is 0. The summed E-state index contributed by atoms with van der Waals surface area (Å²) in [5.41, 5.74) is 7.11. The molecule has 0 radical (unpaired) electrons. The summed E-state index contributed by atoms with van der Waals surface area (Å²) in [6.45, 7) is 1.04. The lowest BCUT2D eigenvalue weighted by molar-refractivity contribution is -0.131. The number of rotatable bonds is 6. The van der Waals surface area contributed by atoms with Gasteiger partial charge in [0.25, 0.3) is 0 Å². The third-order valence-corrected chi connectivity index (χ3v) is 9.65. The van der Waals surface area contributed by atoms with E-state index in [1.807, 2.05) is 30.3 Å². The number of fused-ring (bicyclic) bond motifs is 6. The van der Waals surface area contributed by atoms with Crippen LogP contribution in [-0.2, 0) is 23.4 Å². The van der Waals surface area contributed by atoms with E-state index in [-0.39, 0.29) is 19.2 Å². The van der Waals surface area contributed by atoms with Gasteiger partial charge in [-0.1, -0.05) is 66.7 Å². The molecular weight excluding hydrogens is 584 g/mol. The fraction of sp³-hybridized carbons (Fsp3) is 0.119. The highest BCUT2D eigenvalue weighted by Gasteiger charge is 2.47. The average molecular weight is 617 g/mol. The first-order chi connectivity index (χ1) is 22.9. The van der Waals surface area contributed by atoms with Crippen LogP contribution in [0.2, 0.25) is 0 Å². The van der Waals surface area contributed by atoms with Crippen LogP contribution in [0.15, 0.2) is 121 Å². The van der Waals surface area contributed by atoms with E-state index in [0.717, 1.165) is 71.4 Å². The van der Waals surface area contributed by atoms with E-state index < -0.39 is 5.41 Å². The van der Waals surface area contributed by atoms with Gasteiger partial charge < -0.3 is 19.7 Å². The predicted octanol–water partition coefficient (Wildman–Crippen LogP) is 8.43. The molecule has 1 aliphatic carbocycles. The lowest BCUT2D eigenvalue weighted by atomic mass is 9.66. The first kappa shape index (κ1) is 28.9. The molecule has 7 aromatic rings. The molecule has 1 aliphatic rings. The molecule has 47 heavy (non-hydrogen) atoms. The molecular formula is C42H32O5. The lowest BCUT2D eigenvalue weighted by Gasteiger charge is -2.35. The molecule has 7 aromatic carbocycles. The van der Waals surface area contributed by atoms with Crippen molar-refractivity contribution in [3.05, 3.63) is 155 Å². The lowest BCUT2D eigenvalue weighted by Crippen LogP contribution is -2.29. The van der Waals surface area contributed by atoms with E-state index in [9.17, 15) is 15.0 Å². The van der Waals surface area contributed by atoms with Crippen LogP contribution in [0.5, 0.6) is 11.5 Å². The van der Waals surface area contributed by atoms with E-state index in [2.05, 4.69) is 91.0 Å². The van der Waals surface area contributed by atoms with Crippen LogP contribution in [0.1, 0.15) is 40.3 Å². The SMILES string of the molecule is COc1ccc2cc(C3(c4ccc5cc(OC(C)=O)ccc5c4)c4cc(CO)c(CO)cc4-c4cc5ccccc5cc43)ccc2c1. The minimum atomic E-state index is -0.760. The Hall–Kier alpha value is -5.49. The monoisotopic (exact) mass is 616 g/mol. The molecule has 0 fully saturated rings. The second-order valence-electron chi connectivity index (χ2n) is 12.2. The number of carbonyl (C=O) groups is 1. The van der Waals surface area contributed by atoms with Gasteiger partial charge in [0, 0.05) is 6.92 Å². The van der Waals surface area contributed by atoms with Gasteiger partial charge in [0.1, 0.15) is 11.5 Å². The molecule has 230 valence electrons. The summed E-state index contributed by atoms with van der Waals surface area (Å²) < 4.78 is 10.9. The smallest absolute Gasteiger partial charge is 0.308 e. The van der Waals surface area contributed by atoms with Crippen LogP contribution in [0.25, 0.3) is 43.4 Å². The molecule has 8 rings (SSSR count). The predicted molar refractivity (Wildman–Crippen MR) is 186 cm³/mol. The van der Waals surface area contributed by atoms with E-state index >= 15 is 0 Å². The number of methoxy groups -OCH3 is 1. The summed E-state index contributed by atoms with van der Waals surface area (Å²) in [4.78, 5) is 11.7. The van der Waals surface area contributed by atoms with Gasteiger partial charge in [-0.3, -0.25) is 4.79 Å². The fourth-order valence-corrected chi connectivity index (χ4v) is 7.49. The summed E-state index contributed by atoms with van der Waals surface area (Å²) in [5, 5.41) is 27.3. The molecule has 5 heteroatoms. The molecule has 0 aliphatic heterocycles. The summed E-state index contributed by atoms with van der Waals surface area (Å²) in [6.07, 6.45) is 0. The highest BCUT2D eigenvalue weighted by Crippen LogP contribution is 2.58. The number of aliphatic hydroxyl groups is 2. The third kappa shape index (κ3) is 4.50. The minimum absolute atomic E-state index is 0.169. The van der Waals surface area contributed by atoms with Crippen molar-refractivity contribution in [1.82, 2.24) is 0 Å².